The maximum Gasteiger partial charge on any atom is 0.511 e. The number of carbonyl (C=O) groups excluding carboxylic acids is 1. The van der Waals surface area contributed by atoms with E-state index in [4.69, 9.17) is 14.2 Å². The first-order chi connectivity index (χ1) is 10.1. The maximum absolute atomic E-state index is 11.8. The molecule has 0 spiro atoms. The number of hydrogen-bond donors (Lipinski definition) is 0. The van der Waals surface area contributed by atoms with Crippen LogP contribution in [0.15, 0.2) is 0 Å². The summed E-state index contributed by atoms with van der Waals surface area (Å²) < 4.78 is 16.1. The lowest BCUT2D eigenvalue weighted by atomic mass is 9.91. The zero-order chi connectivity index (χ0) is 15.1. The lowest BCUT2D eigenvalue weighted by Crippen LogP contribution is -2.27. The van der Waals surface area contributed by atoms with Gasteiger partial charge in [-0.1, -0.05) is 58.3 Å². The summed E-state index contributed by atoms with van der Waals surface area (Å²) in [4.78, 5) is 11.8. The van der Waals surface area contributed by atoms with Gasteiger partial charge < -0.3 is 14.2 Å². The van der Waals surface area contributed by atoms with Crippen LogP contribution in [0.25, 0.3) is 0 Å². The van der Waals surface area contributed by atoms with E-state index in [1.54, 1.807) is 0 Å². The molecule has 1 saturated carbocycles. The van der Waals surface area contributed by atoms with E-state index in [0.717, 1.165) is 12.8 Å². The predicted octanol–water partition coefficient (Wildman–Crippen LogP) is 4.81. The Labute approximate surface area is 128 Å². The molecule has 4 nitrogen and oxygen atoms in total. The van der Waals surface area contributed by atoms with Crippen molar-refractivity contribution in [2.24, 2.45) is 5.92 Å². The van der Waals surface area contributed by atoms with Gasteiger partial charge in [0.15, 0.2) is 0 Å². The van der Waals surface area contributed by atoms with Gasteiger partial charge in [-0.05, 0) is 19.3 Å². The Bertz CT molecular complexity index is 315. The summed E-state index contributed by atoms with van der Waals surface area (Å²) >= 11 is 0. The Balaban J connectivity index is 1.78. The fraction of sp³-hybridized carbons (Fsp3) is 0.941. The van der Waals surface area contributed by atoms with Crippen molar-refractivity contribution in [3.05, 3.63) is 0 Å². The van der Waals surface area contributed by atoms with Crippen LogP contribution in [0.4, 0.5) is 4.79 Å². The first-order valence-corrected chi connectivity index (χ1v) is 8.67. The standard InChI is InChI=1S/C17H30O4/c1-3-14(2)20-16(18)21-17(13-19-17)12-15-10-8-6-4-5-7-9-11-15/h14-15H,3-13H2,1-2H3. The maximum atomic E-state index is 11.8. The van der Waals surface area contributed by atoms with Crippen molar-refractivity contribution in [1.82, 2.24) is 0 Å². The van der Waals surface area contributed by atoms with Crippen molar-refractivity contribution in [3.63, 3.8) is 0 Å². The Morgan fingerprint density at radius 2 is 1.76 bits per heavy atom. The Morgan fingerprint density at radius 1 is 1.19 bits per heavy atom. The summed E-state index contributed by atoms with van der Waals surface area (Å²) in [6.07, 6.45) is 11.4. The summed E-state index contributed by atoms with van der Waals surface area (Å²) in [6.45, 7) is 4.39. The minimum atomic E-state index is -0.677. The highest BCUT2D eigenvalue weighted by molar-refractivity contribution is 5.61. The molecule has 0 bridgehead atoms. The first kappa shape index (κ1) is 16.6. The second-order valence-corrected chi connectivity index (χ2v) is 6.66. The number of hydrogen-bond acceptors (Lipinski definition) is 4. The van der Waals surface area contributed by atoms with Crippen molar-refractivity contribution in [1.29, 1.82) is 0 Å². The van der Waals surface area contributed by atoms with E-state index in [-0.39, 0.29) is 6.10 Å². The Morgan fingerprint density at radius 3 is 2.29 bits per heavy atom. The number of epoxide rings is 1. The highest BCUT2D eigenvalue weighted by atomic mass is 16.9. The molecule has 2 atom stereocenters. The highest BCUT2D eigenvalue weighted by Crippen LogP contribution is 2.39. The molecule has 122 valence electrons. The van der Waals surface area contributed by atoms with Crippen LogP contribution >= 0.6 is 0 Å². The normalized spacial score (nSPS) is 28.9. The summed E-state index contributed by atoms with van der Waals surface area (Å²) in [5, 5.41) is 0. The second kappa shape index (κ2) is 8.02. The van der Waals surface area contributed by atoms with Gasteiger partial charge in [-0.2, -0.15) is 0 Å². The Hall–Kier alpha value is -0.770. The van der Waals surface area contributed by atoms with Gasteiger partial charge >= 0.3 is 6.16 Å². The molecular weight excluding hydrogens is 268 g/mol. The average Bonchev–Trinajstić information content (AvgIpc) is 3.16. The smallest absolute Gasteiger partial charge is 0.431 e. The SMILES string of the molecule is CCC(C)OC(=O)OC1(CC2CCCCCCCC2)CO1. The van der Waals surface area contributed by atoms with Gasteiger partial charge in [-0.25, -0.2) is 4.79 Å². The van der Waals surface area contributed by atoms with Crippen LogP contribution in [-0.4, -0.2) is 24.7 Å². The second-order valence-electron chi connectivity index (χ2n) is 6.66. The van der Waals surface area contributed by atoms with E-state index in [1.807, 2.05) is 13.8 Å². The van der Waals surface area contributed by atoms with Gasteiger partial charge in [0.05, 0.1) is 0 Å². The van der Waals surface area contributed by atoms with E-state index in [1.165, 1.54) is 51.4 Å². The number of rotatable bonds is 5. The average molecular weight is 298 g/mol. The largest absolute Gasteiger partial charge is 0.511 e. The molecule has 1 heterocycles. The van der Waals surface area contributed by atoms with E-state index in [0.29, 0.717) is 12.5 Å². The third kappa shape index (κ3) is 5.85. The minimum Gasteiger partial charge on any atom is -0.431 e. The number of ether oxygens (including phenoxy) is 3. The molecule has 0 aromatic carbocycles. The fourth-order valence-corrected chi connectivity index (χ4v) is 3.08. The van der Waals surface area contributed by atoms with E-state index < -0.39 is 11.9 Å². The lowest BCUT2D eigenvalue weighted by Gasteiger charge is -2.21. The van der Waals surface area contributed by atoms with Gasteiger partial charge in [0.2, 0.25) is 5.79 Å². The molecule has 21 heavy (non-hydrogen) atoms. The summed E-state index contributed by atoms with van der Waals surface area (Å²) in [6, 6.07) is 0. The summed E-state index contributed by atoms with van der Waals surface area (Å²) in [7, 11) is 0. The molecule has 0 radical (unpaired) electrons. The van der Waals surface area contributed by atoms with Crippen LogP contribution in [0.1, 0.15) is 78.1 Å². The van der Waals surface area contributed by atoms with Crippen LogP contribution in [-0.2, 0) is 14.2 Å². The zero-order valence-corrected chi connectivity index (χ0v) is 13.6. The highest BCUT2D eigenvalue weighted by Gasteiger charge is 2.51. The topological polar surface area (TPSA) is 48.1 Å². The monoisotopic (exact) mass is 298 g/mol. The lowest BCUT2D eigenvalue weighted by molar-refractivity contribution is -0.0578. The molecule has 0 aromatic heterocycles. The summed E-state index contributed by atoms with van der Waals surface area (Å²) in [5.74, 6) is -0.0644. The molecule has 1 aliphatic carbocycles. The van der Waals surface area contributed by atoms with Crippen molar-refractivity contribution in [2.75, 3.05) is 6.61 Å². The van der Waals surface area contributed by atoms with Crippen LogP contribution in [0.3, 0.4) is 0 Å². The molecule has 1 aliphatic heterocycles. The quantitative estimate of drug-likeness (QED) is 0.540. The zero-order valence-electron chi connectivity index (χ0n) is 13.6. The summed E-state index contributed by atoms with van der Waals surface area (Å²) in [5.41, 5.74) is 0. The van der Waals surface area contributed by atoms with E-state index in [9.17, 15) is 4.79 Å². The van der Waals surface area contributed by atoms with E-state index >= 15 is 0 Å². The van der Waals surface area contributed by atoms with Gasteiger partial charge in [0.25, 0.3) is 0 Å². The van der Waals surface area contributed by atoms with Crippen LogP contribution < -0.4 is 0 Å². The third-order valence-corrected chi connectivity index (χ3v) is 4.68. The molecule has 2 rings (SSSR count). The first-order valence-electron chi connectivity index (χ1n) is 8.67. The molecule has 4 heteroatoms. The van der Waals surface area contributed by atoms with Crippen molar-refractivity contribution < 1.29 is 19.0 Å². The molecule has 2 aliphatic rings. The molecule has 2 fully saturated rings. The van der Waals surface area contributed by atoms with Crippen molar-refractivity contribution in [2.45, 2.75) is 89.9 Å². The Kier molecular flexibility index (Phi) is 6.34. The van der Waals surface area contributed by atoms with E-state index in [2.05, 4.69) is 0 Å². The molecule has 0 N–H and O–H groups in total. The minimum absolute atomic E-state index is 0.0989. The van der Waals surface area contributed by atoms with Crippen LogP contribution in [0, 0.1) is 5.92 Å². The van der Waals surface area contributed by atoms with Crippen LogP contribution in [0.5, 0.6) is 0 Å². The van der Waals surface area contributed by atoms with Gasteiger partial charge in [-0.3, -0.25) is 0 Å². The van der Waals surface area contributed by atoms with Gasteiger partial charge in [-0.15, -0.1) is 0 Å². The van der Waals surface area contributed by atoms with Crippen LogP contribution in [0.2, 0.25) is 0 Å². The molecule has 0 amide bonds. The van der Waals surface area contributed by atoms with Gasteiger partial charge in [0, 0.05) is 6.42 Å². The molecule has 0 aromatic rings. The third-order valence-electron chi connectivity index (χ3n) is 4.68. The predicted molar refractivity (Wildman–Crippen MR) is 81.0 cm³/mol. The molecular formula is C17H30O4. The number of carbonyl (C=O) groups is 1. The molecule has 2 unspecified atom stereocenters. The fourth-order valence-electron chi connectivity index (χ4n) is 3.08. The van der Waals surface area contributed by atoms with Gasteiger partial charge in [0.1, 0.15) is 12.7 Å². The van der Waals surface area contributed by atoms with Crippen molar-refractivity contribution in [3.8, 4) is 0 Å². The van der Waals surface area contributed by atoms with Crippen molar-refractivity contribution >= 4 is 6.16 Å². The molecule has 1 saturated heterocycles.